The molecule has 0 fully saturated rings. The monoisotopic (exact) mass is 268 g/mol. The Morgan fingerprint density at radius 3 is 2.75 bits per heavy atom. The Hall–Kier alpha value is -2.44. The van der Waals surface area contributed by atoms with Gasteiger partial charge in [0.2, 0.25) is 0 Å². The molecule has 6 nitrogen and oxygen atoms in total. The topological polar surface area (TPSA) is 94.8 Å². The fourth-order valence-corrected chi connectivity index (χ4v) is 2.41. The molecule has 0 bridgehead atoms. The number of hydrogen-bond acceptors (Lipinski definition) is 5. The van der Waals surface area contributed by atoms with Crippen LogP contribution in [0.5, 0.6) is 0 Å². The van der Waals surface area contributed by atoms with E-state index in [1.807, 2.05) is 30.3 Å². The van der Waals surface area contributed by atoms with E-state index in [9.17, 15) is 0 Å². The Labute approximate surface area is 116 Å². The molecule has 1 atom stereocenters. The van der Waals surface area contributed by atoms with Gasteiger partial charge in [-0.25, -0.2) is 5.43 Å². The molecule has 0 spiro atoms. The van der Waals surface area contributed by atoms with Gasteiger partial charge in [-0.05, 0) is 17.7 Å². The number of fused-ring (bicyclic) bond motifs is 1. The van der Waals surface area contributed by atoms with Crippen molar-refractivity contribution in [3.05, 3.63) is 53.9 Å². The van der Waals surface area contributed by atoms with Crippen molar-refractivity contribution in [1.29, 1.82) is 0 Å². The molecule has 6 heteroatoms. The van der Waals surface area contributed by atoms with Crippen LogP contribution in [0.2, 0.25) is 0 Å². The van der Waals surface area contributed by atoms with Crippen LogP contribution >= 0.6 is 0 Å². The highest BCUT2D eigenvalue weighted by Crippen LogP contribution is 2.30. The predicted molar refractivity (Wildman–Crippen MR) is 78.5 cm³/mol. The molecular formula is C14H16N6. The van der Waals surface area contributed by atoms with Crippen molar-refractivity contribution in [2.45, 2.75) is 6.04 Å². The number of pyridine rings is 1. The van der Waals surface area contributed by atoms with E-state index in [4.69, 9.17) is 11.6 Å². The van der Waals surface area contributed by atoms with Gasteiger partial charge in [0.25, 0.3) is 0 Å². The molecule has 1 aromatic carbocycles. The molecule has 0 saturated heterocycles. The van der Waals surface area contributed by atoms with Crippen LogP contribution < -0.4 is 17.0 Å². The number of hydrazine groups is 1. The minimum Gasteiger partial charge on any atom is -0.384 e. The third-order valence-electron chi connectivity index (χ3n) is 3.48. The molecule has 2 heterocycles. The Bertz CT molecular complexity index is 743. The molecule has 3 aromatic rings. The Morgan fingerprint density at radius 1 is 1.20 bits per heavy atom. The Morgan fingerprint density at radius 2 is 2.05 bits per heavy atom. The van der Waals surface area contributed by atoms with Crippen molar-refractivity contribution >= 4 is 16.7 Å². The average Bonchev–Trinajstić information content (AvgIpc) is 2.81. The maximum absolute atomic E-state index is 6.05. The molecule has 5 N–H and O–H groups in total. The van der Waals surface area contributed by atoms with E-state index < -0.39 is 0 Å². The summed E-state index contributed by atoms with van der Waals surface area (Å²) in [5.74, 6) is 6.33. The van der Waals surface area contributed by atoms with E-state index in [0.717, 1.165) is 22.0 Å². The van der Waals surface area contributed by atoms with Gasteiger partial charge in [0, 0.05) is 24.2 Å². The highest BCUT2D eigenvalue weighted by atomic mass is 15.3. The van der Waals surface area contributed by atoms with Gasteiger partial charge in [-0.1, -0.05) is 18.2 Å². The van der Waals surface area contributed by atoms with Crippen LogP contribution in [0.25, 0.3) is 10.9 Å². The molecule has 0 aliphatic carbocycles. The molecule has 1 unspecified atom stereocenters. The molecular weight excluding hydrogens is 252 g/mol. The van der Waals surface area contributed by atoms with E-state index >= 15 is 0 Å². The number of aryl methyl sites for hydroxylation is 1. The summed E-state index contributed by atoms with van der Waals surface area (Å²) in [7, 11) is 1.80. The molecule has 20 heavy (non-hydrogen) atoms. The average molecular weight is 268 g/mol. The van der Waals surface area contributed by atoms with E-state index in [1.54, 1.807) is 24.1 Å². The number of nitrogens with zero attached hydrogens (tertiary/aromatic N) is 3. The van der Waals surface area contributed by atoms with Crippen molar-refractivity contribution in [2.75, 3.05) is 5.73 Å². The summed E-state index contributed by atoms with van der Waals surface area (Å²) in [5, 5.41) is 5.21. The molecule has 0 saturated carbocycles. The standard InChI is InChI=1S/C14H16N6/c1-20-14(15)11(8-18-20)13(19-16)10-4-2-6-12-9(10)5-3-7-17-12/h2-8,13,19H,15-16H2,1H3. The van der Waals surface area contributed by atoms with Crippen LogP contribution in [0.4, 0.5) is 5.82 Å². The first-order chi connectivity index (χ1) is 9.72. The maximum Gasteiger partial charge on any atom is 0.126 e. The van der Waals surface area contributed by atoms with Crippen LogP contribution in [-0.2, 0) is 7.05 Å². The van der Waals surface area contributed by atoms with Gasteiger partial charge in [-0.3, -0.25) is 15.5 Å². The number of aromatic nitrogens is 3. The molecule has 2 aromatic heterocycles. The smallest absolute Gasteiger partial charge is 0.126 e. The highest BCUT2D eigenvalue weighted by molar-refractivity contribution is 5.83. The zero-order valence-electron chi connectivity index (χ0n) is 11.1. The largest absolute Gasteiger partial charge is 0.384 e. The molecule has 102 valence electrons. The third kappa shape index (κ3) is 1.91. The van der Waals surface area contributed by atoms with Crippen LogP contribution in [-0.4, -0.2) is 14.8 Å². The predicted octanol–water partition coefficient (Wildman–Crippen LogP) is 1.10. The first-order valence-corrected chi connectivity index (χ1v) is 6.29. The Kier molecular flexibility index (Phi) is 3.09. The van der Waals surface area contributed by atoms with Crippen molar-refractivity contribution in [2.24, 2.45) is 12.9 Å². The second kappa shape index (κ2) is 4.92. The zero-order valence-corrected chi connectivity index (χ0v) is 11.1. The van der Waals surface area contributed by atoms with Crippen LogP contribution in [0.15, 0.2) is 42.7 Å². The van der Waals surface area contributed by atoms with E-state index in [2.05, 4.69) is 15.5 Å². The number of anilines is 1. The van der Waals surface area contributed by atoms with Gasteiger partial charge in [0.15, 0.2) is 0 Å². The lowest BCUT2D eigenvalue weighted by atomic mass is 9.97. The minimum atomic E-state index is -0.225. The van der Waals surface area contributed by atoms with Gasteiger partial charge in [0.05, 0.1) is 17.8 Å². The molecule has 0 radical (unpaired) electrons. The lowest BCUT2D eigenvalue weighted by molar-refractivity contribution is 0.642. The highest BCUT2D eigenvalue weighted by Gasteiger charge is 2.20. The van der Waals surface area contributed by atoms with Crippen molar-refractivity contribution in [3.8, 4) is 0 Å². The van der Waals surface area contributed by atoms with Gasteiger partial charge >= 0.3 is 0 Å². The number of benzene rings is 1. The lowest BCUT2D eigenvalue weighted by Gasteiger charge is -2.17. The molecule has 0 amide bonds. The minimum absolute atomic E-state index is 0.225. The van der Waals surface area contributed by atoms with Crippen molar-refractivity contribution < 1.29 is 0 Å². The number of nitrogens with one attached hydrogen (secondary N) is 1. The summed E-state index contributed by atoms with van der Waals surface area (Å²) in [5.41, 5.74) is 11.7. The second-order valence-corrected chi connectivity index (χ2v) is 4.63. The zero-order chi connectivity index (χ0) is 14.1. The van der Waals surface area contributed by atoms with E-state index in [1.165, 1.54) is 0 Å². The SMILES string of the molecule is Cn1ncc(C(NN)c2cccc3ncccc23)c1N. The molecule has 3 rings (SSSR count). The van der Waals surface area contributed by atoms with Crippen LogP contribution in [0.1, 0.15) is 17.2 Å². The fraction of sp³-hybridized carbons (Fsp3) is 0.143. The van der Waals surface area contributed by atoms with Crippen molar-refractivity contribution in [1.82, 2.24) is 20.2 Å². The lowest BCUT2D eigenvalue weighted by Crippen LogP contribution is -2.29. The second-order valence-electron chi connectivity index (χ2n) is 4.63. The fourth-order valence-electron chi connectivity index (χ4n) is 2.41. The molecule has 0 aliphatic rings. The number of hydrogen-bond donors (Lipinski definition) is 3. The third-order valence-corrected chi connectivity index (χ3v) is 3.48. The number of rotatable bonds is 3. The quantitative estimate of drug-likeness (QED) is 0.488. The van der Waals surface area contributed by atoms with Crippen LogP contribution in [0.3, 0.4) is 0 Å². The first-order valence-electron chi connectivity index (χ1n) is 6.29. The Balaban J connectivity index is 2.19. The van der Waals surface area contributed by atoms with E-state index in [0.29, 0.717) is 5.82 Å². The summed E-state index contributed by atoms with van der Waals surface area (Å²) in [6.45, 7) is 0. The van der Waals surface area contributed by atoms with Crippen LogP contribution in [0, 0.1) is 0 Å². The maximum atomic E-state index is 6.05. The first kappa shape index (κ1) is 12.6. The summed E-state index contributed by atoms with van der Waals surface area (Å²) in [6, 6.07) is 9.65. The number of nitrogen functional groups attached to an aromatic ring is 1. The van der Waals surface area contributed by atoms with E-state index in [-0.39, 0.29) is 6.04 Å². The number of nitrogens with two attached hydrogens (primary N) is 2. The summed E-state index contributed by atoms with van der Waals surface area (Å²) < 4.78 is 1.63. The van der Waals surface area contributed by atoms with Gasteiger partial charge < -0.3 is 5.73 Å². The van der Waals surface area contributed by atoms with Gasteiger partial charge in [-0.15, -0.1) is 0 Å². The summed E-state index contributed by atoms with van der Waals surface area (Å²) >= 11 is 0. The van der Waals surface area contributed by atoms with Gasteiger partial charge in [0.1, 0.15) is 5.82 Å². The summed E-state index contributed by atoms with van der Waals surface area (Å²) in [4.78, 5) is 4.36. The normalized spacial score (nSPS) is 12.7. The summed E-state index contributed by atoms with van der Waals surface area (Å²) in [6.07, 6.45) is 3.50. The van der Waals surface area contributed by atoms with Crippen molar-refractivity contribution in [3.63, 3.8) is 0 Å². The molecule has 0 aliphatic heterocycles. The van der Waals surface area contributed by atoms with Gasteiger partial charge in [-0.2, -0.15) is 5.10 Å².